The van der Waals surface area contributed by atoms with Crippen LogP contribution in [0.15, 0.2) is 0 Å². The Balaban J connectivity index is 2.03. The molecule has 19 heavy (non-hydrogen) atoms. The van der Waals surface area contributed by atoms with E-state index in [0.29, 0.717) is 5.41 Å². The molecule has 0 amide bonds. The van der Waals surface area contributed by atoms with Gasteiger partial charge in [0.25, 0.3) is 0 Å². The summed E-state index contributed by atoms with van der Waals surface area (Å²) in [5.41, 5.74) is 0.530. The van der Waals surface area contributed by atoms with E-state index < -0.39 is 0 Å². The van der Waals surface area contributed by atoms with Crippen LogP contribution in [-0.4, -0.2) is 48.6 Å². The van der Waals surface area contributed by atoms with Gasteiger partial charge in [-0.05, 0) is 38.1 Å². The van der Waals surface area contributed by atoms with Crippen LogP contribution in [0.1, 0.15) is 46.5 Å². The summed E-state index contributed by atoms with van der Waals surface area (Å²) in [5, 5.41) is 4.28. The fourth-order valence-corrected chi connectivity index (χ4v) is 5.32. The fourth-order valence-electron chi connectivity index (χ4n) is 4.15. The molecule has 2 fully saturated rings. The molecule has 0 spiro atoms. The average Bonchev–Trinajstić information content (AvgIpc) is 2.35. The van der Waals surface area contributed by atoms with Crippen molar-refractivity contribution in [2.24, 2.45) is 11.3 Å². The molecule has 3 heteroatoms. The van der Waals surface area contributed by atoms with Crippen LogP contribution >= 0.6 is 11.8 Å². The highest BCUT2D eigenvalue weighted by Gasteiger charge is 2.38. The lowest BCUT2D eigenvalue weighted by atomic mass is 9.69. The van der Waals surface area contributed by atoms with Gasteiger partial charge in [0.1, 0.15) is 0 Å². The third kappa shape index (κ3) is 3.89. The molecule has 4 atom stereocenters. The van der Waals surface area contributed by atoms with Gasteiger partial charge < -0.3 is 5.32 Å². The largest absolute Gasteiger partial charge is 0.319 e. The first-order valence-electron chi connectivity index (χ1n) is 8.06. The molecule has 0 aromatic heterocycles. The van der Waals surface area contributed by atoms with Crippen LogP contribution in [0.2, 0.25) is 0 Å². The third-order valence-corrected chi connectivity index (χ3v) is 6.63. The Kier molecular flexibility index (Phi) is 5.62. The predicted octanol–water partition coefficient (Wildman–Crippen LogP) is 3.23. The highest BCUT2D eigenvalue weighted by Crippen LogP contribution is 2.40. The monoisotopic (exact) mass is 284 g/mol. The molecule has 0 bridgehead atoms. The minimum atomic E-state index is 0.530. The zero-order valence-corrected chi connectivity index (χ0v) is 14.1. The molecule has 1 aliphatic heterocycles. The molecule has 0 radical (unpaired) electrons. The van der Waals surface area contributed by atoms with Crippen LogP contribution < -0.4 is 5.32 Å². The number of thioether (sulfide) groups is 1. The van der Waals surface area contributed by atoms with E-state index in [0.717, 1.165) is 17.2 Å². The van der Waals surface area contributed by atoms with Crippen LogP contribution in [-0.2, 0) is 0 Å². The Bertz CT molecular complexity index is 280. The predicted molar refractivity (Wildman–Crippen MR) is 86.9 cm³/mol. The second-order valence-corrected chi connectivity index (χ2v) is 8.50. The van der Waals surface area contributed by atoms with Crippen molar-refractivity contribution in [2.75, 3.05) is 32.4 Å². The molecule has 1 heterocycles. The minimum Gasteiger partial charge on any atom is -0.319 e. The van der Waals surface area contributed by atoms with Crippen molar-refractivity contribution < 1.29 is 0 Å². The number of hydrogen-bond acceptors (Lipinski definition) is 3. The van der Waals surface area contributed by atoms with Crippen LogP contribution in [0.5, 0.6) is 0 Å². The van der Waals surface area contributed by atoms with Gasteiger partial charge in [0, 0.05) is 36.7 Å². The molecule has 2 nitrogen and oxygen atoms in total. The highest BCUT2D eigenvalue weighted by atomic mass is 32.2. The summed E-state index contributed by atoms with van der Waals surface area (Å²) in [7, 11) is 2.12. The van der Waals surface area contributed by atoms with Gasteiger partial charge in [-0.25, -0.2) is 0 Å². The van der Waals surface area contributed by atoms with Crippen molar-refractivity contribution in [2.45, 2.75) is 57.7 Å². The smallest absolute Gasteiger partial charge is 0.0184 e. The molecule has 1 aliphatic carbocycles. The van der Waals surface area contributed by atoms with E-state index >= 15 is 0 Å². The van der Waals surface area contributed by atoms with E-state index in [4.69, 9.17) is 0 Å². The molecule has 1 saturated carbocycles. The molecule has 2 rings (SSSR count). The van der Waals surface area contributed by atoms with E-state index in [9.17, 15) is 0 Å². The molecular formula is C16H32N2S. The standard InChI is InChI=1S/C16H32N2S/c1-13-6-5-7-16(10-13,11-17-4)12-18-8-9-19-15(3)14(18)2/h13-15,17H,5-12H2,1-4H3. The molecule has 4 unspecified atom stereocenters. The van der Waals surface area contributed by atoms with E-state index in [2.05, 4.69) is 49.8 Å². The van der Waals surface area contributed by atoms with Crippen molar-refractivity contribution in [1.29, 1.82) is 0 Å². The van der Waals surface area contributed by atoms with Gasteiger partial charge in [0.05, 0.1) is 0 Å². The molecule has 0 aromatic rings. The van der Waals surface area contributed by atoms with Crippen molar-refractivity contribution in [3.8, 4) is 0 Å². The fraction of sp³-hybridized carbons (Fsp3) is 1.00. The maximum absolute atomic E-state index is 3.48. The van der Waals surface area contributed by atoms with Gasteiger partial charge in [-0.3, -0.25) is 4.90 Å². The summed E-state index contributed by atoms with van der Waals surface area (Å²) in [4.78, 5) is 2.77. The Morgan fingerprint density at radius 3 is 2.79 bits per heavy atom. The summed E-state index contributed by atoms with van der Waals surface area (Å²) < 4.78 is 0. The first kappa shape index (κ1) is 15.7. The average molecular weight is 285 g/mol. The van der Waals surface area contributed by atoms with Crippen molar-refractivity contribution in [3.05, 3.63) is 0 Å². The maximum atomic E-state index is 3.48. The minimum absolute atomic E-state index is 0.530. The van der Waals surface area contributed by atoms with Gasteiger partial charge in [-0.2, -0.15) is 11.8 Å². The van der Waals surface area contributed by atoms with Gasteiger partial charge >= 0.3 is 0 Å². The van der Waals surface area contributed by atoms with Crippen molar-refractivity contribution in [3.63, 3.8) is 0 Å². The number of nitrogens with zero attached hydrogens (tertiary/aromatic N) is 1. The summed E-state index contributed by atoms with van der Waals surface area (Å²) in [5.74, 6) is 2.23. The molecule has 112 valence electrons. The van der Waals surface area contributed by atoms with Crippen molar-refractivity contribution >= 4 is 11.8 Å². The summed E-state index contributed by atoms with van der Waals surface area (Å²) >= 11 is 2.15. The maximum Gasteiger partial charge on any atom is 0.0184 e. The van der Waals surface area contributed by atoms with E-state index in [1.165, 1.54) is 51.1 Å². The van der Waals surface area contributed by atoms with Crippen molar-refractivity contribution in [1.82, 2.24) is 10.2 Å². The lowest BCUT2D eigenvalue weighted by molar-refractivity contribution is 0.0643. The normalized spacial score (nSPS) is 41.4. The van der Waals surface area contributed by atoms with Gasteiger partial charge in [-0.15, -0.1) is 0 Å². The Morgan fingerprint density at radius 1 is 1.32 bits per heavy atom. The summed E-state index contributed by atoms with van der Waals surface area (Å²) in [6.07, 6.45) is 5.70. The molecular weight excluding hydrogens is 252 g/mol. The molecule has 1 N–H and O–H groups in total. The highest BCUT2D eigenvalue weighted by molar-refractivity contribution is 8.00. The van der Waals surface area contributed by atoms with E-state index in [-0.39, 0.29) is 0 Å². The molecule has 1 saturated heterocycles. The van der Waals surface area contributed by atoms with Crippen LogP contribution in [0, 0.1) is 11.3 Å². The van der Waals surface area contributed by atoms with Gasteiger partial charge in [-0.1, -0.05) is 26.7 Å². The van der Waals surface area contributed by atoms with Gasteiger partial charge in [0.2, 0.25) is 0 Å². The first-order valence-corrected chi connectivity index (χ1v) is 9.11. The topological polar surface area (TPSA) is 15.3 Å². The second kappa shape index (κ2) is 6.82. The SMILES string of the molecule is CNCC1(CN2CCSC(C)C2C)CCCC(C)C1. The van der Waals surface area contributed by atoms with Crippen LogP contribution in [0.4, 0.5) is 0 Å². The lowest BCUT2D eigenvalue weighted by Gasteiger charge is -2.47. The van der Waals surface area contributed by atoms with Crippen LogP contribution in [0.3, 0.4) is 0 Å². The summed E-state index contributed by atoms with van der Waals surface area (Å²) in [6.45, 7) is 11.1. The number of nitrogens with one attached hydrogen (secondary N) is 1. The number of rotatable bonds is 4. The quantitative estimate of drug-likeness (QED) is 0.853. The van der Waals surface area contributed by atoms with E-state index in [1.807, 2.05) is 0 Å². The lowest BCUT2D eigenvalue weighted by Crippen LogP contribution is -2.52. The Labute approximate surface area is 124 Å². The van der Waals surface area contributed by atoms with Gasteiger partial charge in [0.15, 0.2) is 0 Å². The molecule has 2 aliphatic rings. The zero-order chi connectivity index (χ0) is 13.9. The zero-order valence-electron chi connectivity index (χ0n) is 13.2. The molecule has 0 aromatic carbocycles. The third-order valence-electron chi connectivity index (χ3n) is 5.29. The number of hydrogen-bond donors (Lipinski definition) is 1. The van der Waals surface area contributed by atoms with Crippen LogP contribution in [0.25, 0.3) is 0 Å². The Hall–Kier alpha value is 0.270. The summed E-state index contributed by atoms with van der Waals surface area (Å²) in [6, 6.07) is 0.740. The van der Waals surface area contributed by atoms with E-state index in [1.54, 1.807) is 0 Å². The Morgan fingerprint density at radius 2 is 2.11 bits per heavy atom. The second-order valence-electron chi connectivity index (χ2n) is 7.02. The first-order chi connectivity index (χ1) is 9.06.